The Morgan fingerprint density at radius 3 is 2.94 bits per heavy atom. The second-order valence-electron chi connectivity index (χ2n) is 3.59. The summed E-state index contributed by atoms with van der Waals surface area (Å²) < 4.78 is 6.47. The van der Waals surface area contributed by atoms with Gasteiger partial charge in [0.05, 0.1) is 24.6 Å². The normalized spacial score (nSPS) is 10.7. The van der Waals surface area contributed by atoms with Crippen LogP contribution in [0.1, 0.15) is 16.1 Å². The monoisotopic (exact) mass is 244 g/mol. The highest BCUT2D eigenvalue weighted by Crippen LogP contribution is 2.14. The molecule has 0 aliphatic rings. The molecule has 1 aromatic heterocycles. The van der Waals surface area contributed by atoms with E-state index in [1.54, 1.807) is 28.8 Å². The minimum atomic E-state index is -0.388. The quantitative estimate of drug-likeness (QED) is 0.389. The van der Waals surface area contributed by atoms with Crippen LogP contribution in [0.3, 0.4) is 0 Å². The van der Waals surface area contributed by atoms with Gasteiger partial charge in [0.2, 0.25) is 0 Å². The van der Waals surface area contributed by atoms with Crippen LogP contribution in [-0.4, -0.2) is 29.1 Å². The molecule has 5 heteroatoms. The summed E-state index contributed by atoms with van der Waals surface area (Å²) in [6.07, 6.45) is 3.14. The number of benzene rings is 1. The summed E-state index contributed by atoms with van der Waals surface area (Å²) in [5.41, 5.74) is 1.97. The van der Waals surface area contributed by atoms with E-state index >= 15 is 0 Å². The summed E-state index contributed by atoms with van der Waals surface area (Å²) in [5.74, 6) is -0.388. The smallest absolute Gasteiger partial charge is 0.337 e. The van der Waals surface area contributed by atoms with Gasteiger partial charge >= 0.3 is 5.97 Å². The fraction of sp³-hybridized carbons (Fsp3) is 0.0769. The summed E-state index contributed by atoms with van der Waals surface area (Å²) in [6, 6.07) is 10.6. The van der Waals surface area contributed by atoms with Gasteiger partial charge in [-0.3, -0.25) is 0 Å². The van der Waals surface area contributed by atoms with E-state index in [0.29, 0.717) is 11.3 Å². The molecule has 0 saturated carbocycles. The van der Waals surface area contributed by atoms with E-state index < -0.39 is 0 Å². The molecule has 0 bridgehead atoms. The number of carbonyl (C=O) groups is 1. The van der Waals surface area contributed by atoms with Crippen LogP contribution in [0, 0.1) is 0 Å². The molecular formula is C13H12N2O3. The molecule has 5 nitrogen and oxygen atoms in total. The number of nitrogens with zero attached hydrogens (tertiary/aromatic N) is 2. The maximum absolute atomic E-state index is 11.4. The molecule has 0 saturated heterocycles. The van der Waals surface area contributed by atoms with Gasteiger partial charge in [-0.25, -0.2) is 4.79 Å². The standard InChI is InChI=1S/C13H12N2O3/c1-18-13(16)10-4-2-5-11(8-10)15-7-3-6-12(15)9-14-17/h2-9,17H,1H3/b14-9-. The topological polar surface area (TPSA) is 63.8 Å². The largest absolute Gasteiger partial charge is 0.465 e. The second-order valence-corrected chi connectivity index (χ2v) is 3.59. The zero-order valence-corrected chi connectivity index (χ0v) is 9.78. The zero-order valence-electron chi connectivity index (χ0n) is 9.78. The second kappa shape index (κ2) is 5.18. The highest BCUT2D eigenvalue weighted by Gasteiger charge is 2.07. The van der Waals surface area contributed by atoms with Crippen LogP contribution in [0.4, 0.5) is 0 Å². The van der Waals surface area contributed by atoms with Crippen molar-refractivity contribution in [1.29, 1.82) is 0 Å². The highest BCUT2D eigenvalue weighted by atomic mass is 16.5. The van der Waals surface area contributed by atoms with Crippen molar-refractivity contribution in [2.45, 2.75) is 0 Å². The van der Waals surface area contributed by atoms with E-state index in [9.17, 15) is 4.79 Å². The molecule has 18 heavy (non-hydrogen) atoms. The Balaban J connectivity index is 2.44. The molecule has 92 valence electrons. The molecule has 0 atom stereocenters. The average Bonchev–Trinajstić information content (AvgIpc) is 2.87. The van der Waals surface area contributed by atoms with Gasteiger partial charge in [-0.05, 0) is 30.3 Å². The van der Waals surface area contributed by atoms with Crippen molar-refractivity contribution in [3.8, 4) is 5.69 Å². The number of rotatable bonds is 3. The zero-order chi connectivity index (χ0) is 13.0. The van der Waals surface area contributed by atoms with E-state index in [-0.39, 0.29) is 5.97 Å². The van der Waals surface area contributed by atoms with Gasteiger partial charge < -0.3 is 14.5 Å². The van der Waals surface area contributed by atoms with Crippen molar-refractivity contribution in [3.05, 3.63) is 53.9 Å². The van der Waals surface area contributed by atoms with Gasteiger partial charge in [-0.2, -0.15) is 0 Å². The third-order valence-electron chi connectivity index (χ3n) is 2.52. The molecule has 0 aliphatic heterocycles. The molecule has 0 fully saturated rings. The van der Waals surface area contributed by atoms with Gasteiger partial charge in [-0.15, -0.1) is 0 Å². The lowest BCUT2D eigenvalue weighted by Crippen LogP contribution is -2.04. The van der Waals surface area contributed by atoms with Crippen LogP contribution in [-0.2, 0) is 4.74 Å². The third kappa shape index (κ3) is 2.24. The van der Waals surface area contributed by atoms with Crippen molar-refractivity contribution in [2.24, 2.45) is 5.16 Å². The number of oxime groups is 1. The van der Waals surface area contributed by atoms with Crippen LogP contribution in [0.15, 0.2) is 47.8 Å². The number of aromatic nitrogens is 1. The van der Waals surface area contributed by atoms with Gasteiger partial charge in [0.1, 0.15) is 0 Å². The van der Waals surface area contributed by atoms with Crippen molar-refractivity contribution >= 4 is 12.2 Å². The van der Waals surface area contributed by atoms with E-state index in [0.717, 1.165) is 5.69 Å². The molecule has 0 aliphatic carbocycles. The maximum atomic E-state index is 11.4. The number of hydrogen-bond donors (Lipinski definition) is 1. The van der Waals surface area contributed by atoms with Crippen LogP contribution in [0.25, 0.3) is 5.69 Å². The molecule has 2 aromatic rings. The summed E-state index contributed by atoms with van der Waals surface area (Å²) in [6.45, 7) is 0. The summed E-state index contributed by atoms with van der Waals surface area (Å²) in [7, 11) is 1.34. The Bertz CT molecular complexity index is 587. The van der Waals surface area contributed by atoms with Crippen molar-refractivity contribution in [2.75, 3.05) is 7.11 Å². The van der Waals surface area contributed by atoms with E-state index in [2.05, 4.69) is 9.89 Å². The van der Waals surface area contributed by atoms with Crippen molar-refractivity contribution in [1.82, 2.24) is 4.57 Å². The third-order valence-corrected chi connectivity index (χ3v) is 2.52. The fourth-order valence-corrected chi connectivity index (χ4v) is 1.69. The maximum Gasteiger partial charge on any atom is 0.337 e. The van der Waals surface area contributed by atoms with Crippen molar-refractivity contribution < 1.29 is 14.7 Å². The fourth-order valence-electron chi connectivity index (χ4n) is 1.69. The molecule has 2 rings (SSSR count). The van der Waals surface area contributed by atoms with E-state index in [1.165, 1.54) is 13.3 Å². The Morgan fingerprint density at radius 2 is 2.22 bits per heavy atom. The average molecular weight is 244 g/mol. The van der Waals surface area contributed by atoms with E-state index in [4.69, 9.17) is 5.21 Å². The van der Waals surface area contributed by atoms with Gasteiger partial charge in [0.15, 0.2) is 0 Å². The highest BCUT2D eigenvalue weighted by molar-refractivity contribution is 5.90. The molecule has 1 aromatic carbocycles. The minimum Gasteiger partial charge on any atom is -0.465 e. The lowest BCUT2D eigenvalue weighted by molar-refractivity contribution is 0.0600. The van der Waals surface area contributed by atoms with Gasteiger partial charge in [0.25, 0.3) is 0 Å². The lowest BCUT2D eigenvalue weighted by atomic mass is 10.2. The summed E-state index contributed by atoms with van der Waals surface area (Å²) in [5, 5.41) is 11.6. The van der Waals surface area contributed by atoms with Gasteiger partial charge in [0, 0.05) is 11.9 Å². The van der Waals surface area contributed by atoms with Gasteiger partial charge in [-0.1, -0.05) is 11.2 Å². The number of methoxy groups -OCH3 is 1. The number of carbonyl (C=O) groups excluding carboxylic acids is 1. The molecule has 1 heterocycles. The molecule has 0 radical (unpaired) electrons. The Kier molecular flexibility index (Phi) is 3.43. The first kappa shape index (κ1) is 11.9. The first-order chi connectivity index (χ1) is 8.76. The van der Waals surface area contributed by atoms with Crippen LogP contribution in [0.5, 0.6) is 0 Å². The number of esters is 1. The molecule has 0 unspecified atom stereocenters. The molecule has 0 amide bonds. The molecule has 0 spiro atoms. The van der Waals surface area contributed by atoms with Crippen LogP contribution < -0.4 is 0 Å². The Morgan fingerprint density at radius 1 is 1.39 bits per heavy atom. The Hall–Kier alpha value is -2.56. The first-order valence-corrected chi connectivity index (χ1v) is 5.30. The predicted octanol–water partition coefficient (Wildman–Crippen LogP) is 2.07. The SMILES string of the molecule is COC(=O)c1cccc(-n2cccc2/C=N\O)c1. The lowest BCUT2D eigenvalue weighted by Gasteiger charge is -2.07. The minimum absolute atomic E-state index is 0.388. The van der Waals surface area contributed by atoms with Crippen LogP contribution in [0.2, 0.25) is 0 Å². The molecular weight excluding hydrogens is 232 g/mol. The molecule has 1 N–H and O–H groups in total. The number of hydrogen-bond acceptors (Lipinski definition) is 4. The first-order valence-electron chi connectivity index (χ1n) is 5.30. The van der Waals surface area contributed by atoms with Crippen LogP contribution >= 0.6 is 0 Å². The summed E-state index contributed by atoms with van der Waals surface area (Å²) >= 11 is 0. The van der Waals surface area contributed by atoms with E-state index in [1.807, 2.05) is 18.3 Å². The van der Waals surface area contributed by atoms with Crippen molar-refractivity contribution in [3.63, 3.8) is 0 Å². The summed E-state index contributed by atoms with van der Waals surface area (Å²) in [4.78, 5) is 11.4. The Labute approximate surface area is 104 Å². The predicted molar refractivity (Wildman–Crippen MR) is 66.5 cm³/mol. The number of ether oxygens (including phenoxy) is 1.